The SMILES string of the molecule is CC(C)C(=O)NC1CCN(S(=O)(=O)c2sccc2Br)CC1. The Balaban J connectivity index is 1.98. The fraction of sp³-hybridized carbons (Fsp3) is 0.615. The number of thiophene rings is 1. The maximum atomic E-state index is 12.5. The van der Waals surface area contributed by atoms with Gasteiger partial charge in [0.05, 0.1) is 0 Å². The molecule has 118 valence electrons. The van der Waals surface area contributed by atoms with Crippen molar-refractivity contribution in [3.8, 4) is 0 Å². The van der Waals surface area contributed by atoms with Crippen molar-refractivity contribution in [1.82, 2.24) is 9.62 Å². The summed E-state index contributed by atoms with van der Waals surface area (Å²) in [5.41, 5.74) is 0. The lowest BCUT2D eigenvalue weighted by atomic mass is 10.1. The molecule has 1 aromatic heterocycles. The van der Waals surface area contributed by atoms with Crippen LogP contribution in [0.3, 0.4) is 0 Å². The number of sulfonamides is 1. The van der Waals surface area contributed by atoms with Crippen LogP contribution in [-0.4, -0.2) is 37.8 Å². The van der Waals surface area contributed by atoms with Gasteiger partial charge >= 0.3 is 0 Å². The van der Waals surface area contributed by atoms with Gasteiger partial charge in [-0.1, -0.05) is 13.8 Å². The van der Waals surface area contributed by atoms with Crippen molar-refractivity contribution in [3.63, 3.8) is 0 Å². The molecule has 1 aromatic rings. The fourth-order valence-electron chi connectivity index (χ4n) is 2.19. The molecule has 1 aliphatic rings. The van der Waals surface area contributed by atoms with E-state index in [2.05, 4.69) is 21.2 Å². The van der Waals surface area contributed by atoms with Gasteiger partial charge in [0.1, 0.15) is 4.21 Å². The van der Waals surface area contributed by atoms with Crippen LogP contribution < -0.4 is 5.32 Å². The summed E-state index contributed by atoms with van der Waals surface area (Å²) in [5.74, 6) is -0.0221. The molecule has 1 aliphatic heterocycles. The average Bonchev–Trinajstić information content (AvgIpc) is 2.86. The van der Waals surface area contributed by atoms with Crippen LogP contribution in [0, 0.1) is 5.92 Å². The number of carbonyl (C=O) groups excluding carboxylic acids is 1. The van der Waals surface area contributed by atoms with E-state index in [1.165, 1.54) is 15.6 Å². The van der Waals surface area contributed by atoms with E-state index in [0.29, 0.717) is 34.6 Å². The number of carbonyl (C=O) groups is 1. The Bertz CT molecular complexity index is 605. The Labute approximate surface area is 137 Å². The second-order valence-electron chi connectivity index (χ2n) is 5.40. The maximum Gasteiger partial charge on any atom is 0.253 e. The second kappa shape index (κ2) is 6.76. The smallest absolute Gasteiger partial charge is 0.253 e. The minimum absolute atomic E-state index is 0.0253. The number of amides is 1. The molecule has 0 saturated carbocycles. The molecule has 1 amide bonds. The highest BCUT2D eigenvalue weighted by Crippen LogP contribution is 2.31. The van der Waals surface area contributed by atoms with Gasteiger partial charge < -0.3 is 5.32 Å². The molecule has 0 atom stereocenters. The highest BCUT2D eigenvalue weighted by atomic mass is 79.9. The summed E-state index contributed by atoms with van der Waals surface area (Å²) in [7, 11) is -3.43. The zero-order valence-electron chi connectivity index (χ0n) is 12.0. The van der Waals surface area contributed by atoms with Crippen LogP contribution in [0.5, 0.6) is 0 Å². The molecule has 0 aromatic carbocycles. The van der Waals surface area contributed by atoms with Crippen LogP contribution in [0.15, 0.2) is 20.1 Å². The predicted octanol–water partition coefficient (Wildman–Crippen LogP) is 2.44. The number of piperidine rings is 1. The third kappa shape index (κ3) is 3.85. The van der Waals surface area contributed by atoms with Crippen molar-refractivity contribution in [1.29, 1.82) is 0 Å². The van der Waals surface area contributed by atoms with Gasteiger partial charge in [-0.15, -0.1) is 11.3 Å². The van der Waals surface area contributed by atoms with Gasteiger partial charge in [-0.25, -0.2) is 8.42 Å². The third-order valence-corrected chi connectivity index (χ3v) is 8.03. The summed E-state index contributed by atoms with van der Waals surface area (Å²) >= 11 is 4.50. The fourth-order valence-corrected chi connectivity index (χ4v) is 6.11. The van der Waals surface area contributed by atoms with Crippen molar-refractivity contribution in [3.05, 3.63) is 15.9 Å². The van der Waals surface area contributed by atoms with Crippen LogP contribution in [0.1, 0.15) is 26.7 Å². The highest BCUT2D eigenvalue weighted by Gasteiger charge is 2.32. The summed E-state index contributed by atoms with van der Waals surface area (Å²) in [6, 6.07) is 1.81. The van der Waals surface area contributed by atoms with Crippen LogP contribution in [0.2, 0.25) is 0 Å². The molecule has 5 nitrogen and oxygen atoms in total. The Morgan fingerprint density at radius 3 is 2.52 bits per heavy atom. The first-order valence-electron chi connectivity index (χ1n) is 6.86. The van der Waals surface area contributed by atoms with E-state index in [1.807, 2.05) is 13.8 Å². The van der Waals surface area contributed by atoms with Crippen molar-refractivity contribution in [2.24, 2.45) is 5.92 Å². The first kappa shape index (κ1) is 16.9. The lowest BCUT2D eigenvalue weighted by molar-refractivity contribution is -0.124. The molecular weight excluding hydrogens is 376 g/mol. The van der Waals surface area contributed by atoms with Gasteiger partial charge in [0, 0.05) is 29.5 Å². The minimum Gasteiger partial charge on any atom is -0.353 e. The van der Waals surface area contributed by atoms with Crippen LogP contribution >= 0.6 is 27.3 Å². The zero-order chi connectivity index (χ0) is 15.6. The molecule has 1 saturated heterocycles. The van der Waals surface area contributed by atoms with E-state index in [-0.39, 0.29) is 17.9 Å². The third-order valence-electron chi connectivity index (χ3n) is 3.48. The average molecular weight is 395 g/mol. The quantitative estimate of drug-likeness (QED) is 0.852. The molecule has 0 unspecified atom stereocenters. The number of hydrogen-bond donors (Lipinski definition) is 1. The molecular formula is C13H19BrN2O3S2. The lowest BCUT2D eigenvalue weighted by Crippen LogP contribution is -2.47. The second-order valence-corrected chi connectivity index (χ2v) is 9.30. The Kier molecular flexibility index (Phi) is 5.45. The number of halogens is 1. The largest absolute Gasteiger partial charge is 0.353 e. The summed E-state index contributed by atoms with van der Waals surface area (Å²) in [6.07, 6.45) is 1.31. The van der Waals surface area contributed by atoms with Crippen LogP contribution in [-0.2, 0) is 14.8 Å². The first-order valence-corrected chi connectivity index (χ1v) is 9.97. The van der Waals surface area contributed by atoms with Gasteiger partial charge in [0.15, 0.2) is 0 Å². The monoisotopic (exact) mass is 394 g/mol. The molecule has 0 radical (unpaired) electrons. The maximum absolute atomic E-state index is 12.5. The van der Waals surface area contributed by atoms with Crippen molar-refractivity contribution in [2.45, 2.75) is 36.9 Å². The minimum atomic E-state index is -3.43. The van der Waals surface area contributed by atoms with Gasteiger partial charge in [-0.3, -0.25) is 4.79 Å². The van der Waals surface area contributed by atoms with E-state index < -0.39 is 10.0 Å². The first-order chi connectivity index (χ1) is 9.82. The normalized spacial score (nSPS) is 18.1. The van der Waals surface area contributed by atoms with E-state index in [4.69, 9.17) is 0 Å². The molecule has 2 heterocycles. The summed E-state index contributed by atoms with van der Waals surface area (Å²) in [6.45, 7) is 4.58. The van der Waals surface area contributed by atoms with E-state index in [0.717, 1.165) is 0 Å². The molecule has 8 heteroatoms. The Morgan fingerprint density at radius 1 is 1.43 bits per heavy atom. The van der Waals surface area contributed by atoms with Gasteiger partial charge in [-0.2, -0.15) is 4.31 Å². The Morgan fingerprint density at radius 2 is 2.05 bits per heavy atom. The van der Waals surface area contributed by atoms with Crippen molar-refractivity contribution < 1.29 is 13.2 Å². The number of nitrogens with one attached hydrogen (secondary N) is 1. The highest BCUT2D eigenvalue weighted by molar-refractivity contribution is 9.10. The Hall–Kier alpha value is -0.440. The van der Waals surface area contributed by atoms with Crippen LogP contribution in [0.4, 0.5) is 0 Å². The van der Waals surface area contributed by atoms with Crippen LogP contribution in [0.25, 0.3) is 0 Å². The van der Waals surface area contributed by atoms with Crippen molar-refractivity contribution >= 4 is 43.2 Å². The number of hydrogen-bond acceptors (Lipinski definition) is 4. The van der Waals surface area contributed by atoms with Gasteiger partial charge in [0.2, 0.25) is 5.91 Å². The van der Waals surface area contributed by atoms with E-state index >= 15 is 0 Å². The molecule has 1 fully saturated rings. The van der Waals surface area contributed by atoms with Gasteiger partial charge in [0.25, 0.3) is 10.0 Å². The summed E-state index contributed by atoms with van der Waals surface area (Å²) in [4.78, 5) is 11.7. The predicted molar refractivity (Wildman–Crippen MR) is 86.8 cm³/mol. The van der Waals surface area contributed by atoms with Crippen molar-refractivity contribution in [2.75, 3.05) is 13.1 Å². The van der Waals surface area contributed by atoms with E-state index in [1.54, 1.807) is 11.4 Å². The molecule has 0 aliphatic carbocycles. The van der Waals surface area contributed by atoms with Gasteiger partial charge in [-0.05, 0) is 40.2 Å². The topological polar surface area (TPSA) is 66.5 Å². The van der Waals surface area contributed by atoms with E-state index in [9.17, 15) is 13.2 Å². The zero-order valence-corrected chi connectivity index (χ0v) is 15.2. The molecule has 2 rings (SSSR count). The molecule has 0 bridgehead atoms. The summed E-state index contributed by atoms with van der Waals surface area (Å²) in [5, 5.41) is 4.73. The summed E-state index contributed by atoms with van der Waals surface area (Å²) < 4.78 is 27.5. The molecule has 0 spiro atoms. The number of rotatable bonds is 4. The lowest BCUT2D eigenvalue weighted by Gasteiger charge is -2.31. The standard InChI is InChI=1S/C13H19BrN2O3S2/c1-9(2)12(17)15-10-3-6-16(7-4-10)21(18,19)13-11(14)5-8-20-13/h5,8-10H,3-4,6-7H2,1-2H3,(H,15,17). The molecule has 1 N–H and O–H groups in total. The molecule has 21 heavy (non-hydrogen) atoms. The number of nitrogens with zero attached hydrogens (tertiary/aromatic N) is 1.